The van der Waals surface area contributed by atoms with Crippen molar-refractivity contribution in [2.24, 2.45) is 5.92 Å². The largest absolute Gasteiger partial charge is 0.382 e. The Hall–Kier alpha value is -1.05. The van der Waals surface area contributed by atoms with E-state index in [0.29, 0.717) is 6.04 Å². The van der Waals surface area contributed by atoms with Gasteiger partial charge in [-0.25, -0.2) is 4.39 Å². The first-order valence-corrected chi connectivity index (χ1v) is 6.30. The third kappa shape index (κ3) is 2.97. The monoisotopic (exact) mass is 221 g/mol. The molecule has 1 aliphatic rings. The molecule has 1 aromatic rings. The van der Waals surface area contributed by atoms with Crippen LogP contribution in [0.15, 0.2) is 24.3 Å². The lowest BCUT2D eigenvalue weighted by molar-refractivity contribution is 0.327. The van der Waals surface area contributed by atoms with Gasteiger partial charge in [-0.1, -0.05) is 32.3 Å². The molecule has 1 aromatic carbocycles. The molecule has 1 saturated carbocycles. The second-order valence-corrected chi connectivity index (χ2v) is 4.79. The molecule has 2 rings (SSSR count). The number of nitrogens with one attached hydrogen (secondary N) is 1. The molecule has 2 atom stereocenters. The summed E-state index contributed by atoms with van der Waals surface area (Å²) in [4.78, 5) is 0. The van der Waals surface area contributed by atoms with Crippen molar-refractivity contribution in [1.29, 1.82) is 0 Å². The van der Waals surface area contributed by atoms with Crippen LogP contribution in [0.3, 0.4) is 0 Å². The molecule has 0 aliphatic heterocycles. The van der Waals surface area contributed by atoms with Gasteiger partial charge in [-0.3, -0.25) is 0 Å². The summed E-state index contributed by atoms with van der Waals surface area (Å²) in [7, 11) is 0. The van der Waals surface area contributed by atoms with Gasteiger partial charge in [-0.15, -0.1) is 0 Å². The average molecular weight is 221 g/mol. The van der Waals surface area contributed by atoms with Crippen molar-refractivity contribution < 1.29 is 4.39 Å². The Balaban J connectivity index is 1.94. The maximum Gasteiger partial charge on any atom is 0.125 e. The van der Waals surface area contributed by atoms with Crippen LogP contribution in [0.4, 0.5) is 10.1 Å². The Kier molecular flexibility index (Phi) is 3.81. The lowest BCUT2D eigenvalue weighted by atomic mass is 9.84. The van der Waals surface area contributed by atoms with Crippen molar-refractivity contribution in [3.8, 4) is 0 Å². The van der Waals surface area contributed by atoms with E-state index in [2.05, 4.69) is 12.2 Å². The summed E-state index contributed by atoms with van der Waals surface area (Å²) < 4.78 is 13.0. The summed E-state index contributed by atoms with van der Waals surface area (Å²) in [5.74, 6) is 0.688. The third-order valence-corrected chi connectivity index (χ3v) is 3.56. The summed E-state index contributed by atoms with van der Waals surface area (Å²) >= 11 is 0. The maximum absolute atomic E-state index is 13.0. The van der Waals surface area contributed by atoms with E-state index in [9.17, 15) is 4.39 Å². The minimum Gasteiger partial charge on any atom is -0.382 e. The van der Waals surface area contributed by atoms with Crippen LogP contribution in [-0.4, -0.2) is 6.04 Å². The molecule has 0 bridgehead atoms. The second kappa shape index (κ2) is 5.33. The molecule has 0 amide bonds. The lowest BCUT2D eigenvalue weighted by Gasteiger charge is -2.29. The van der Waals surface area contributed by atoms with Crippen LogP contribution in [0.2, 0.25) is 0 Å². The second-order valence-electron chi connectivity index (χ2n) is 4.79. The predicted molar refractivity (Wildman–Crippen MR) is 66.1 cm³/mol. The fourth-order valence-electron chi connectivity index (χ4n) is 2.61. The molecule has 1 aliphatic carbocycles. The Bertz CT molecular complexity index is 337. The van der Waals surface area contributed by atoms with Gasteiger partial charge >= 0.3 is 0 Å². The highest BCUT2D eigenvalue weighted by Gasteiger charge is 2.20. The zero-order chi connectivity index (χ0) is 11.4. The summed E-state index contributed by atoms with van der Waals surface area (Å²) in [5, 5.41) is 3.45. The van der Waals surface area contributed by atoms with E-state index in [1.165, 1.54) is 38.2 Å². The van der Waals surface area contributed by atoms with E-state index in [1.54, 1.807) is 12.1 Å². The van der Waals surface area contributed by atoms with Crippen molar-refractivity contribution in [2.75, 3.05) is 5.32 Å². The summed E-state index contributed by atoms with van der Waals surface area (Å²) in [6.07, 6.45) is 6.37. The van der Waals surface area contributed by atoms with E-state index < -0.39 is 0 Å². The molecule has 2 heteroatoms. The van der Waals surface area contributed by atoms with E-state index in [0.717, 1.165) is 11.6 Å². The molecule has 88 valence electrons. The Morgan fingerprint density at radius 3 is 3.00 bits per heavy atom. The molecule has 2 unspecified atom stereocenters. The molecular weight excluding hydrogens is 201 g/mol. The van der Waals surface area contributed by atoms with Crippen LogP contribution in [0.25, 0.3) is 0 Å². The van der Waals surface area contributed by atoms with Gasteiger partial charge in [-0.2, -0.15) is 0 Å². The molecule has 0 saturated heterocycles. The van der Waals surface area contributed by atoms with E-state index >= 15 is 0 Å². The molecule has 0 heterocycles. The Morgan fingerprint density at radius 1 is 1.38 bits per heavy atom. The van der Waals surface area contributed by atoms with Crippen molar-refractivity contribution in [3.63, 3.8) is 0 Å². The highest BCUT2D eigenvalue weighted by molar-refractivity contribution is 5.44. The van der Waals surface area contributed by atoms with Crippen LogP contribution in [-0.2, 0) is 0 Å². The number of rotatable bonds is 3. The molecule has 0 spiro atoms. The Labute approximate surface area is 97.1 Å². The molecule has 16 heavy (non-hydrogen) atoms. The van der Waals surface area contributed by atoms with Gasteiger partial charge in [0.2, 0.25) is 0 Å². The predicted octanol–water partition coefficient (Wildman–Crippen LogP) is 4.21. The molecule has 1 nitrogen and oxygen atoms in total. The van der Waals surface area contributed by atoms with Gasteiger partial charge in [0.1, 0.15) is 5.82 Å². The first-order chi connectivity index (χ1) is 7.78. The minimum absolute atomic E-state index is 0.159. The van der Waals surface area contributed by atoms with Crippen molar-refractivity contribution in [2.45, 2.75) is 45.1 Å². The van der Waals surface area contributed by atoms with Gasteiger partial charge in [0.05, 0.1) is 0 Å². The first kappa shape index (κ1) is 11.4. The topological polar surface area (TPSA) is 12.0 Å². The van der Waals surface area contributed by atoms with Gasteiger partial charge in [0, 0.05) is 11.7 Å². The molecule has 0 aromatic heterocycles. The van der Waals surface area contributed by atoms with E-state index in [-0.39, 0.29) is 5.82 Å². The Morgan fingerprint density at radius 2 is 2.25 bits per heavy atom. The van der Waals surface area contributed by atoms with Crippen molar-refractivity contribution in [3.05, 3.63) is 30.1 Å². The quantitative estimate of drug-likeness (QED) is 0.806. The third-order valence-electron chi connectivity index (χ3n) is 3.56. The number of hydrogen-bond acceptors (Lipinski definition) is 1. The normalized spacial score (nSPS) is 25.4. The van der Waals surface area contributed by atoms with Crippen LogP contribution in [0, 0.1) is 11.7 Å². The average Bonchev–Trinajstić information content (AvgIpc) is 2.29. The van der Waals surface area contributed by atoms with Gasteiger partial charge < -0.3 is 5.32 Å². The number of hydrogen-bond donors (Lipinski definition) is 1. The SMILES string of the molecule is CCC1CCCC(Nc2cccc(F)c2)C1. The van der Waals surface area contributed by atoms with Crippen LogP contribution in [0.1, 0.15) is 39.0 Å². The molecular formula is C14H20FN. The molecule has 1 N–H and O–H groups in total. The van der Waals surface area contributed by atoms with Gasteiger partial charge in [-0.05, 0) is 37.0 Å². The van der Waals surface area contributed by atoms with E-state index in [1.807, 2.05) is 6.07 Å². The number of anilines is 1. The molecule has 0 radical (unpaired) electrons. The highest BCUT2D eigenvalue weighted by Crippen LogP contribution is 2.28. The zero-order valence-corrected chi connectivity index (χ0v) is 9.88. The van der Waals surface area contributed by atoms with Crippen LogP contribution >= 0.6 is 0 Å². The lowest BCUT2D eigenvalue weighted by Crippen LogP contribution is -2.27. The van der Waals surface area contributed by atoms with Crippen molar-refractivity contribution >= 4 is 5.69 Å². The van der Waals surface area contributed by atoms with Gasteiger partial charge in [0.15, 0.2) is 0 Å². The fraction of sp³-hybridized carbons (Fsp3) is 0.571. The summed E-state index contributed by atoms with van der Waals surface area (Å²) in [6, 6.07) is 7.30. The minimum atomic E-state index is -0.159. The molecule has 1 fully saturated rings. The first-order valence-electron chi connectivity index (χ1n) is 6.30. The van der Waals surface area contributed by atoms with Crippen molar-refractivity contribution in [1.82, 2.24) is 0 Å². The number of benzene rings is 1. The summed E-state index contributed by atoms with van der Waals surface area (Å²) in [6.45, 7) is 2.26. The smallest absolute Gasteiger partial charge is 0.125 e. The maximum atomic E-state index is 13.0. The number of halogens is 1. The van der Waals surface area contributed by atoms with Gasteiger partial charge in [0.25, 0.3) is 0 Å². The standard InChI is InChI=1S/C14H20FN/c1-2-11-5-3-7-13(9-11)16-14-8-4-6-12(15)10-14/h4,6,8,10-11,13,16H,2-3,5,7,9H2,1H3. The summed E-state index contributed by atoms with van der Waals surface area (Å²) in [5.41, 5.74) is 0.918. The highest BCUT2D eigenvalue weighted by atomic mass is 19.1. The van der Waals surface area contributed by atoms with Crippen LogP contribution < -0.4 is 5.32 Å². The fourth-order valence-corrected chi connectivity index (χ4v) is 2.61. The van der Waals surface area contributed by atoms with Crippen LogP contribution in [0.5, 0.6) is 0 Å². The zero-order valence-electron chi connectivity index (χ0n) is 9.88. The van der Waals surface area contributed by atoms with E-state index in [4.69, 9.17) is 0 Å².